The third kappa shape index (κ3) is 5.79. The van der Waals surface area contributed by atoms with Gasteiger partial charge in [-0.1, -0.05) is 47.0 Å². The van der Waals surface area contributed by atoms with E-state index in [9.17, 15) is 19.2 Å². The van der Waals surface area contributed by atoms with E-state index in [0.29, 0.717) is 12.8 Å². The van der Waals surface area contributed by atoms with Crippen molar-refractivity contribution >= 4 is 23.7 Å². The van der Waals surface area contributed by atoms with Gasteiger partial charge in [-0.15, -0.1) is 0 Å². The Balaban J connectivity index is 2.24. The number of nitrogens with zero attached hydrogens (tertiary/aromatic N) is 1. The highest BCUT2D eigenvalue weighted by Crippen LogP contribution is 2.40. The van der Waals surface area contributed by atoms with E-state index in [4.69, 9.17) is 10.8 Å². The van der Waals surface area contributed by atoms with Crippen molar-refractivity contribution in [1.82, 2.24) is 15.5 Å². The van der Waals surface area contributed by atoms with Crippen molar-refractivity contribution in [3.63, 3.8) is 0 Å². The lowest BCUT2D eigenvalue weighted by atomic mass is 9.84. The van der Waals surface area contributed by atoms with Gasteiger partial charge in [0.25, 0.3) is 0 Å². The van der Waals surface area contributed by atoms with Gasteiger partial charge in [0.15, 0.2) is 0 Å². The predicted molar refractivity (Wildman–Crippen MR) is 120 cm³/mol. The molecule has 7 atom stereocenters. The average molecular weight is 453 g/mol. The van der Waals surface area contributed by atoms with Crippen LogP contribution in [0, 0.1) is 17.8 Å². The van der Waals surface area contributed by atoms with Gasteiger partial charge in [0.05, 0.1) is 6.04 Å². The highest BCUT2D eigenvalue weighted by atomic mass is 16.4. The van der Waals surface area contributed by atoms with Gasteiger partial charge in [-0.25, -0.2) is 0 Å². The van der Waals surface area contributed by atoms with Crippen molar-refractivity contribution in [3.8, 4) is 0 Å². The van der Waals surface area contributed by atoms with Crippen LogP contribution in [0.5, 0.6) is 0 Å². The molecular weight excluding hydrogens is 412 g/mol. The van der Waals surface area contributed by atoms with E-state index in [0.717, 1.165) is 25.7 Å². The van der Waals surface area contributed by atoms with Gasteiger partial charge >= 0.3 is 5.97 Å². The van der Waals surface area contributed by atoms with Gasteiger partial charge < -0.3 is 26.4 Å². The molecule has 32 heavy (non-hydrogen) atoms. The summed E-state index contributed by atoms with van der Waals surface area (Å²) in [6, 6.07) is -3.30. The number of nitrogens with one attached hydrogen (secondary N) is 2. The van der Waals surface area contributed by atoms with E-state index >= 15 is 0 Å². The van der Waals surface area contributed by atoms with Crippen LogP contribution < -0.4 is 16.4 Å². The third-order valence-electron chi connectivity index (χ3n) is 7.17. The van der Waals surface area contributed by atoms with E-state index in [2.05, 4.69) is 10.6 Å². The molecule has 182 valence electrons. The Morgan fingerprint density at radius 3 is 2.25 bits per heavy atom. The fourth-order valence-electron chi connectivity index (χ4n) is 4.78. The molecule has 0 aromatic carbocycles. The first-order chi connectivity index (χ1) is 15.0. The van der Waals surface area contributed by atoms with Crippen LogP contribution in [0.1, 0.15) is 73.1 Å². The van der Waals surface area contributed by atoms with Gasteiger partial charge in [0, 0.05) is 6.04 Å². The number of carboxylic acid groups (broad SMARTS) is 1. The summed E-state index contributed by atoms with van der Waals surface area (Å²) in [6.45, 7) is 8.89. The van der Waals surface area contributed by atoms with Crippen LogP contribution in [0.4, 0.5) is 0 Å². The number of hydrogen-bond acceptors (Lipinski definition) is 5. The minimum absolute atomic E-state index is 0.000271. The lowest BCUT2D eigenvalue weighted by molar-refractivity contribution is -0.144. The second-order valence-corrected chi connectivity index (χ2v) is 9.82. The number of carbonyl (C=O) groups excluding carboxylic acids is 3. The molecule has 2 fully saturated rings. The highest BCUT2D eigenvalue weighted by molar-refractivity contribution is 5.94. The summed E-state index contributed by atoms with van der Waals surface area (Å²) in [5.74, 6) is -2.26. The Morgan fingerprint density at radius 2 is 1.69 bits per heavy atom. The van der Waals surface area contributed by atoms with E-state index in [1.165, 1.54) is 6.92 Å². The summed E-state index contributed by atoms with van der Waals surface area (Å²) in [7, 11) is 0. The Labute approximate surface area is 190 Å². The van der Waals surface area contributed by atoms with E-state index in [-0.39, 0.29) is 35.6 Å². The monoisotopic (exact) mass is 452 g/mol. The van der Waals surface area contributed by atoms with Crippen molar-refractivity contribution in [2.24, 2.45) is 23.5 Å². The van der Waals surface area contributed by atoms with Crippen LogP contribution in [-0.2, 0) is 19.2 Å². The maximum absolute atomic E-state index is 13.4. The quantitative estimate of drug-likeness (QED) is 0.415. The number of nitrogens with two attached hydrogens (primary N) is 1. The minimum atomic E-state index is -1.15. The molecule has 0 aromatic rings. The molecule has 0 aromatic heterocycles. The number of amides is 3. The summed E-state index contributed by atoms with van der Waals surface area (Å²) in [5, 5.41) is 14.4. The average Bonchev–Trinajstić information content (AvgIpc) is 3.15. The zero-order chi connectivity index (χ0) is 24.2. The molecule has 2 unspecified atom stereocenters. The first-order valence-electron chi connectivity index (χ1n) is 11.9. The molecule has 0 spiro atoms. The molecule has 2 rings (SSSR count). The topological polar surface area (TPSA) is 142 Å². The van der Waals surface area contributed by atoms with Crippen LogP contribution in [-0.4, -0.2) is 63.9 Å². The van der Waals surface area contributed by atoms with E-state index < -0.39 is 36.0 Å². The first kappa shape index (κ1) is 26.1. The first-order valence-corrected chi connectivity index (χ1v) is 11.9. The molecule has 3 amide bonds. The summed E-state index contributed by atoms with van der Waals surface area (Å²) >= 11 is 0. The molecule has 0 radical (unpaired) electrons. The van der Waals surface area contributed by atoms with Crippen molar-refractivity contribution in [1.29, 1.82) is 0 Å². The number of likely N-dealkylation sites (tertiary alicyclic amines) is 1. The normalized spacial score (nSPS) is 26.6. The van der Waals surface area contributed by atoms with Crippen molar-refractivity contribution in [2.45, 2.75) is 103 Å². The molecule has 1 aliphatic carbocycles. The van der Waals surface area contributed by atoms with Gasteiger partial charge in [0.2, 0.25) is 17.7 Å². The number of aliphatic carboxylic acids is 1. The predicted octanol–water partition coefficient (Wildman–Crippen LogP) is 1.25. The molecule has 9 nitrogen and oxygen atoms in total. The zero-order valence-corrected chi connectivity index (χ0v) is 20.0. The van der Waals surface area contributed by atoms with Crippen LogP contribution in [0.15, 0.2) is 0 Å². The second-order valence-electron chi connectivity index (χ2n) is 9.82. The Hall–Kier alpha value is -2.16. The molecule has 9 heteroatoms. The molecule has 1 aliphatic heterocycles. The van der Waals surface area contributed by atoms with Crippen molar-refractivity contribution in [2.75, 3.05) is 0 Å². The van der Waals surface area contributed by atoms with Crippen molar-refractivity contribution < 1.29 is 24.3 Å². The van der Waals surface area contributed by atoms with Crippen LogP contribution >= 0.6 is 0 Å². The summed E-state index contributed by atoms with van der Waals surface area (Å²) < 4.78 is 0. The van der Waals surface area contributed by atoms with Gasteiger partial charge in [0.1, 0.15) is 18.1 Å². The largest absolute Gasteiger partial charge is 0.480 e. The Bertz CT molecular complexity index is 713. The molecule has 1 saturated carbocycles. The maximum Gasteiger partial charge on any atom is 0.325 e. The van der Waals surface area contributed by atoms with Gasteiger partial charge in [-0.3, -0.25) is 19.2 Å². The van der Waals surface area contributed by atoms with Gasteiger partial charge in [-0.05, 0) is 43.9 Å². The van der Waals surface area contributed by atoms with Crippen LogP contribution in [0.2, 0.25) is 0 Å². The minimum Gasteiger partial charge on any atom is -0.480 e. The van der Waals surface area contributed by atoms with Crippen LogP contribution in [0.3, 0.4) is 0 Å². The number of carboxylic acids is 1. The smallest absolute Gasteiger partial charge is 0.325 e. The number of rotatable bonds is 9. The van der Waals surface area contributed by atoms with E-state index in [1.54, 1.807) is 4.90 Å². The number of fused-ring (bicyclic) bond motifs is 1. The number of hydrogen-bond donors (Lipinski definition) is 4. The standard InChI is InChI=1S/C23H40N4O5/c1-6-13(4)19(21(29)25-14(5)23(31)32)26-20(28)17-11-15-9-7-8-10-16(15)27(17)22(30)18(24)12(2)3/h12-19H,6-11,24H2,1-5H3,(H,25,29)(H,26,28)(H,31,32)/t13-,14-,15?,16?,17-,18-,19-/m0/s1. The molecular formula is C23H40N4O5. The second kappa shape index (κ2) is 11.1. The third-order valence-corrected chi connectivity index (χ3v) is 7.17. The maximum atomic E-state index is 13.4. The van der Waals surface area contributed by atoms with E-state index in [1.807, 2.05) is 27.7 Å². The zero-order valence-electron chi connectivity index (χ0n) is 20.0. The summed E-state index contributed by atoms with van der Waals surface area (Å²) in [4.78, 5) is 52.3. The molecule has 2 aliphatic rings. The fourth-order valence-corrected chi connectivity index (χ4v) is 4.78. The van der Waals surface area contributed by atoms with Crippen molar-refractivity contribution in [3.05, 3.63) is 0 Å². The number of carbonyl (C=O) groups is 4. The van der Waals surface area contributed by atoms with Crippen LogP contribution in [0.25, 0.3) is 0 Å². The molecule has 5 N–H and O–H groups in total. The SMILES string of the molecule is CC[C@H](C)[C@H](NC(=O)[C@@H]1CC2CCCCC2N1C(=O)[C@@H](N)C(C)C)C(=O)N[C@@H](C)C(=O)O. The Morgan fingerprint density at radius 1 is 1.06 bits per heavy atom. The lowest BCUT2D eigenvalue weighted by Crippen LogP contribution is -2.59. The fraction of sp³-hybridized carbons (Fsp3) is 0.826. The summed E-state index contributed by atoms with van der Waals surface area (Å²) in [6.07, 6.45) is 5.11. The Kier molecular flexibility index (Phi) is 9.07. The molecule has 0 bridgehead atoms. The lowest BCUT2D eigenvalue weighted by Gasteiger charge is -2.36. The highest BCUT2D eigenvalue weighted by Gasteiger charge is 2.49. The van der Waals surface area contributed by atoms with Gasteiger partial charge in [-0.2, -0.15) is 0 Å². The molecule has 1 saturated heterocycles. The summed E-state index contributed by atoms with van der Waals surface area (Å²) in [5.41, 5.74) is 6.18. The molecule has 1 heterocycles.